The minimum Gasteiger partial charge on any atom is -0.480 e. The first-order valence-corrected chi connectivity index (χ1v) is 8.06. The SMILES string of the molecule is CC[C@H](C)[C@H](NC(=O)[C@H](CCC(N)=O)NC(=O)[C@@H](N)[C@@H](C)O)C(=O)O. The Balaban J connectivity index is 5.17. The van der Waals surface area contributed by atoms with Crippen molar-refractivity contribution < 1.29 is 29.4 Å². The van der Waals surface area contributed by atoms with E-state index in [4.69, 9.17) is 11.5 Å². The highest BCUT2D eigenvalue weighted by molar-refractivity contribution is 5.92. The molecule has 3 amide bonds. The molecular formula is C15H28N4O6. The van der Waals surface area contributed by atoms with Crippen LogP contribution >= 0.6 is 0 Å². The van der Waals surface area contributed by atoms with Crippen molar-refractivity contribution in [2.24, 2.45) is 17.4 Å². The number of aliphatic hydroxyl groups is 1. The van der Waals surface area contributed by atoms with Crippen molar-refractivity contribution in [1.82, 2.24) is 10.6 Å². The van der Waals surface area contributed by atoms with Gasteiger partial charge in [0.25, 0.3) is 0 Å². The van der Waals surface area contributed by atoms with Gasteiger partial charge in [-0.25, -0.2) is 4.79 Å². The molecule has 10 heteroatoms. The Hall–Kier alpha value is -2.20. The number of carboxylic acid groups (broad SMARTS) is 1. The Labute approximate surface area is 146 Å². The summed E-state index contributed by atoms with van der Waals surface area (Å²) in [6.07, 6.45) is -0.940. The van der Waals surface area contributed by atoms with Crippen LogP contribution in [0.3, 0.4) is 0 Å². The minimum atomic E-state index is -1.27. The summed E-state index contributed by atoms with van der Waals surface area (Å²) in [5, 5.41) is 23.3. The molecule has 0 aliphatic rings. The second-order valence-electron chi connectivity index (χ2n) is 6.04. The van der Waals surface area contributed by atoms with E-state index in [1.807, 2.05) is 0 Å². The number of primary amides is 1. The topological polar surface area (TPSA) is 185 Å². The Morgan fingerprint density at radius 2 is 1.64 bits per heavy atom. The number of aliphatic carboxylic acids is 1. The van der Waals surface area contributed by atoms with Crippen LogP contribution in [-0.4, -0.2) is 58.1 Å². The van der Waals surface area contributed by atoms with Crippen LogP contribution in [0.1, 0.15) is 40.0 Å². The van der Waals surface area contributed by atoms with Gasteiger partial charge in [-0.15, -0.1) is 0 Å². The summed E-state index contributed by atoms with van der Waals surface area (Å²) in [7, 11) is 0. The summed E-state index contributed by atoms with van der Waals surface area (Å²) in [6, 6.07) is -3.61. The van der Waals surface area contributed by atoms with Crippen LogP contribution in [0, 0.1) is 5.92 Å². The van der Waals surface area contributed by atoms with Gasteiger partial charge in [0.15, 0.2) is 0 Å². The number of rotatable bonds is 11. The first kappa shape index (κ1) is 22.8. The predicted molar refractivity (Wildman–Crippen MR) is 89.0 cm³/mol. The number of nitrogens with two attached hydrogens (primary N) is 2. The molecule has 0 saturated heterocycles. The Morgan fingerprint density at radius 1 is 1.08 bits per heavy atom. The Morgan fingerprint density at radius 3 is 2.04 bits per heavy atom. The van der Waals surface area contributed by atoms with Crippen molar-refractivity contribution in [2.75, 3.05) is 0 Å². The second kappa shape index (κ2) is 10.6. The van der Waals surface area contributed by atoms with Crippen LogP contribution in [-0.2, 0) is 19.2 Å². The molecule has 0 rings (SSSR count). The first-order chi connectivity index (χ1) is 11.5. The summed E-state index contributed by atoms with van der Waals surface area (Å²) < 4.78 is 0. The van der Waals surface area contributed by atoms with E-state index >= 15 is 0 Å². The largest absolute Gasteiger partial charge is 0.480 e. The number of carbonyl (C=O) groups excluding carboxylic acids is 3. The van der Waals surface area contributed by atoms with Crippen LogP contribution < -0.4 is 22.1 Å². The lowest BCUT2D eigenvalue weighted by Crippen LogP contribution is -2.57. The van der Waals surface area contributed by atoms with E-state index in [0.717, 1.165) is 0 Å². The number of nitrogens with one attached hydrogen (secondary N) is 2. The molecule has 0 radical (unpaired) electrons. The van der Waals surface area contributed by atoms with Gasteiger partial charge in [0.05, 0.1) is 6.10 Å². The molecule has 0 spiro atoms. The van der Waals surface area contributed by atoms with Crippen molar-refractivity contribution in [3.8, 4) is 0 Å². The molecular weight excluding hydrogens is 332 g/mol. The van der Waals surface area contributed by atoms with Gasteiger partial charge in [0.1, 0.15) is 18.1 Å². The highest BCUT2D eigenvalue weighted by Crippen LogP contribution is 2.09. The summed E-state index contributed by atoms with van der Waals surface area (Å²) in [4.78, 5) is 46.6. The lowest BCUT2D eigenvalue weighted by atomic mass is 9.98. The number of hydrogen-bond donors (Lipinski definition) is 6. The van der Waals surface area contributed by atoms with Crippen LogP contribution in [0.4, 0.5) is 0 Å². The normalized spacial score (nSPS) is 16.8. The van der Waals surface area contributed by atoms with Gasteiger partial charge in [-0.3, -0.25) is 14.4 Å². The van der Waals surface area contributed by atoms with Crippen molar-refractivity contribution in [3.05, 3.63) is 0 Å². The fourth-order valence-electron chi connectivity index (χ4n) is 1.98. The van der Waals surface area contributed by atoms with Gasteiger partial charge in [-0.1, -0.05) is 20.3 Å². The van der Waals surface area contributed by atoms with Crippen molar-refractivity contribution in [1.29, 1.82) is 0 Å². The molecule has 25 heavy (non-hydrogen) atoms. The average Bonchev–Trinajstić information content (AvgIpc) is 2.53. The molecule has 0 aliphatic heterocycles. The summed E-state index contributed by atoms with van der Waals surface area (Å²) in [6.45, 7) is 4.76. The lowest BCUT2D eigenvalue weighted by Gasteiger charge is -2.25. The monoisotopic (exact) mass is 360 g/mol. The quantitative estimate of drug-likeness (QED) is 0.247. The van der Waals surface area contributed by atoms with Crippen LogP contribution in [0.25, 0.3) is 0 Å². The van der Waals surface area contributed by atoms with Gasteiger partial charge in [-0.2, -0.15) is 0 Å². The number of carboxylic acids is 1. The van der Waals surface area contributed by atoms with Gasteiger partial charge in [-0.05, 0) is 19.3 Å². The molecule has 0 saturated carbocycles. The molecule has 0 aliphatic carbocycles. The number of amides is 3. The van der Waals surface area contributed by atoms with Crippen molar-refractivity contribution >= 4 is 23.7 Å². The fourth-order valence-corrected chi connectivity index (χ4v) is 1.98. The molecule has 0 heterocycles. The summed E-state index contributed by atoms with van der Waals surface area (Å²) >= 11 is 0. The van der Waals surface area contributed by atoms with Crippen LogP contribution in [0.15, 0.2) is 0 Å². The number of carbonyl (C=O) groups is 4. The maximum atomic E-state index is 12.4. The number of hydrogen-bond acceptors (Lipinski definition) is 6. The van der Waals surface area contributed by atoms with Crippen LogP contribution in [0.5, 0.6) is 0 Å². The van der Waals surface area contributed by atoms with E-state index in [1.54, 1.807) is 13.8 Å². The highest BCUT2D eigenvalue weighted by Gasteiger charge is 2.31. The zero-order valence-electron chi connectivity index (χ0n) is 14.7. The zero-order chi connectivity index (χ0) is 19.7. The molecule has 0 aromatic rings. The van der Waals surface area contributed by atoms with Crippen molar-refractivity contribution in [2.45, 2.75) is 64.3 Å². The zero-order valence-corrected chi connectivity index (χ0v) is 14.7. The smallest absolute Gasteiger partial charge is 0.326 e. The molecule has 0 bridgehead atoms. The van der Waals surface area contributed by atoms with E-state index < -0.39 is 47.9 Å². The van der Waals surface area contributed by atoms with E-state index in [0.29, 0.717) is 6.42 Å². The van der Waals surface area contributed by atoms with Gasteiger partial charge >= 0.3 is 5.97 Å². The van der Waals surface area contributed by atoms with E-state index in [9.17, 15) is 29.4 Å². The van der Waals surface area contributed by atoms with E-state index in [-0.39, 0.29) is 18.8 Å². The third kappa shape index (κ3) is 7.94. The summed E-state index contributed by atoms with van der Waals surface area (Å²) in [5.41, 5.74) is 10.6. The lowest BCUT2D eigenvalue weighted by molar-refractivity contribution is -0.144. The third-order valence-electron chi connectivity index (χ3n) is 3.91. The van der Waals surface area contributed by atoms with Crippen molar-refractivity contribution in [3.63, 3.8) is 0 Å². The molecule has 0 unspecified atom stereocenters. The second-order valence-corrected chi connectivity index (χ2v) is 6.04. The molecule has 0 aromatic heterocycles. The highest BCUT2D eigenvalue weighted by atomic mass is 16.4. The van der Waals surface area contributed by atoms with E-state index in [2.05, 4.69) is 10.6 Å². The minimum absolute atomic E-state index is 0.119. The van der Waals surface area contributed by atoms with Gasteiger partial charge < -0.3 is 32.3 Å². The molecule has 0 aromatic carbocycles. The summed E-state index contributed by atoms with van der Waals surface area (Å²) in [5.74, 6) is -3.78. The molecule has 10 nitrogen and oxygen atoms in total. The molecule has 8 N–H and O–H groups in total. The standard InChI is InChI=1S/C15H28N4O6/c1-4-7(2)12(15(24)25)19-13(22)9(5-6-10(16)21)18-14(23)11(17)8(3)20/h7-9,11-12,20H,4-6,17H2,1-3H3,(H2,16,21)(H,18,23)(H,19,22)(H,24,25)/t7-,8+,9-,11-,12-/m0/s1. The maximum absolute atomic E-state index is 12.4. The molecule has 144 valence electrons. The maximum Gasteiger partial charge on any atom is 0.326 e. The number of aliphatic hydroxyl groups excluding tert-OH is 1. The third-order valence-corrected chi connectivity index (χ3v) is 3.91. The Kier molecular flexibility index (Phi) is 9.69. The first-order valence-electron chi connectivity index (χ1n) is 8.06. The van der Waals surface area contributed by atoms with Crippen LogP contribution in [0.2, 0.25) is 0 Å². The van der Waals surface area contributed by atoms with Gasteiger partial charge in [0.2, 0.25) is 17.7 Å². The fraction of sp³-hybridized carbons (Fsp3) is 0.733. The molecule has 0 fully saturated rings. The Bertz CT molecular complexity index is 496. The van der Waals surface area contributed by atoms with E-state index in [1.165, 1.54) is 6.92 Å². The average molecular weight is 360 g/mol. The molecule has 5 atom stereocenters. The van der Waals surface area contributed by atoms with Gasteiger partial charge in [0, 0.05) is 6.42 Å². The predicted octanol–water partition coefficient (Wildman–Crippen LogP) is -1.94.